The minimum atomic E-state index is -0.531. The van der Waals surface area contributed by atoms with Crippen molar-refractivity contribution >= 4 is 23.5 Å². The van der Waals surface area contributed by atoms with Crippen LogP contribution < -0.4 is 9.47 Å². The Bertz CT molecular complexity index is 746. The van der Waals surface area contributed by atoms with Gasteiger partial charge in [0.2, 0.25) is 0 Å². The molecule has 0 aliphatic heterocycles. The highest BCUT2D eigenvalue weighted by atomic mass is 35.5. The standard InChI is InChI=1S/C15H13ClN2O4/c1-8-17-7-12(15(16)18-8)11-4-5-13(21-9(2)19)14(6-11)22-10(3)20/h4-7H,1-3H3. The lowest BCUT2D eigenvalue weighted by Gasteiger charge is -2.11. The fourth-order valence-electron chi connectivity index (χ4n) is 1.79. The Hall–Kier alpha value is -2.47. The van der Waals surface area contributed by atoms with E-state index in [-0.39, 0.29) is 16.7 Å². The van der Waals surface area contributed by atoms with Gasteiger partial charge in [0.15, 0.2) is 11.5 Å². The molecule has 2 aromatic rings. The van der Waals surface area contributed by atoms with Crippen LogP contribution in [-0.4, -0.2) is 21.9 Å². The van der Waals surface area contributed by atoms with Crippen molar-refractivity contribution in [2.45, 2.75) is 20.8 Å². The average molecular weight is 321 g/mol. The van der Waals surface area contributed by atoms with Crippen molar-refractivity contribution in [1.29, 1.82) is 0 Å². The molecule has 2 rings (SSSR count). The number of benzene rings is 1. The van der Waals surface area contributed by atoms with Crippen LogP contribution in [0.4, 0.5) is 0 Å². The molecule has 1 aromatic heterocycles. The van der Waals surface area contributed by atoms with E-state index in [1.165, 1.54) is 19.9 Å². The Morgan fingerprint density at radius 3 is 2.32 bits per heavy atom. The van der Waals surface area contributed by atoms with Crippen LogP contribution >= 0.6 is 11.6 Å². The summed E-state index contributed by atoms with van der Waals surface area (Å²) in [6.45, 7) is 4.24. The Kier molecular flexibility index (Phi) is 4.72. The lowest BCUT2D eigenvalue weighted by Crippen LogP contribution is -2.07. The molecular formula is C15H13ClN2O4. The van der Waals surface area contributed by atoms with Crippen LogP contribution in [0, 0.1) is 6.92 Å². The summed E-state index contributed by atoms with van der Waals surface area (Å²) in [6, 6.07) is 4.73. The molecule has 0 spiro atoms. The third-order valence-electron chi connectivity index (χ3n) is 2.62. The number of carbonyl (C=O) groups excluding carboxylic acids is 2. The molecular weight excluding hydrogens is 308 g/mol. The highest BCUT2D eigenvalue weighted by Crippen LogP contribution is 2.34. The second kappa shape index (κ2) is 6.53. The molecule has 0 aliphatic carbocycles. The number of rotatable bonds is 3. The topological polar surface area (TPSA) is 78.4 Å². The minimum Gasteiger partial charge on any atom is -0.423 e. The maximum Gasteiger partial charge on any atom is 0.308 e. The van der Waals surface area contributed by atoms with Crippen LogP contribution in [0.1, 0.15) is 19.7 Å². The molecule has 0 atom stereocenters. The summed E-state index contributed by atoms with van der Waals surface area (Å²) in [6.07, 6.45) is 1.57. The van der Waals surface area contributed by atoms with Crippen LogP contribution in [0.2, 0.25) is 5.15 Å². The third kappa shape index (κ3) is 3.79. The van der Waals surface area contributed by atoms with Crippen LogP contribution in [-0.2, 0) is 9.59 Å². The van der Waals surface area contributed by atoms with Crippen molar-refractivity contribution in [3.05, 3.63) is 35.4 Å². The van der Waals surface area contributed by atoms with E-state index in [0.717, 1.165) is 0 Å². The van der Waals surface area contributed by atoms with Gasteiger partial charge in [-0.05, 0) is 24.6 Å². The van der Waals surface area contributed by atoms with Gasteiger partial charge in [-0.2, -0.15) is 0 Å². The quantitative estimate of drug-likeness (QED) is 0.491. The van der Waals surface area contributed by atoms with Gasteiger partial charge < -0.3 is 9.47 Å². The molecule has 0 aliphatic rings. The Morgan fingerprint density at radius 1 is 1.09 bits per heavy atom. The van der Waals surface area contributed by atoms with Gasteiger partial charge in [0.05, 0.1) is 0 Å². The smallest absolute Gasteiger partial charge is 0.308 e. The van der Waals surface area contributed by atoms with Crippen molar-refractivity contribution < 1.29 is 19.1 Å². The molecule has 6 nitrogen and oxygen atoms in total. The van der Waals surface area contributed by atoms with Crippen LogP contribution in [0.3, 0.4) is 0 Å². The Balaban J connectivity index is 2.49. The number of esters is 2. The zero-order valence-corrected chi connectivity index (χ0v) is 13.0. The predicted molar refractivity (Wildman–Crippen MR) is 79.8 cm³/mol. The second-order valence-electron chi connectivity index (χ2n) is 4.47. The summed E-state index contributed by atoms with van der Waals surface area (Å²) in [5.41, 5.74) is 1.21. The lowest BCUT2D eigenvalue weighted by atomic mass is 10.1. The van der Waals surface area contributed by atoms with E-state index >= 15 is 0 Å². The largest absolute Gasteiger partial charge is 0.423 e. The van der Waals surface area contributed by atoms with Gasteiger partial charge in [0.25, 0.3) is 0 Å². The fraction of sp³-hybridized carbons (Fsp3) is 0.200. The van der Waals surface area contributed by atoms with E-state index in [0.29, 0.717) is 17.0 Å². The number of halogens is 1. The average Bonchev–Trinajstić information content (AvgIpc) is 2.40. The van der Waals surface area contributed by atoms with Gasteiger partial charge in [0, 0.05) is 25.6 Å². The Morgan fingerprint density at radius 2 is 1.73 bits per heavy atom. The number of ether oxygens (including phenoxy) is 2. The molecule has 114 valence electrons. The van der Waals surface area contributed by atoms with E-state index in [9.17, 15) is 9.59 Å². The fourth-order valence-corrected chi connectivity index (χ4v) is 2.07. The van der Waals surface area contributed by atoms with Crippen molar-refractivity contribution in [1.82, 2.24) is 9.97 Å². The van der Waals surface area contributed by atoms with E-state index in [1.807, 2.05) is 0 Å². The van der Waals surface area contributed by atoms with Gasteiger partial charge >= 0.3 is 11.9 Å². The number of hydrogen-bond donors (Lipinski definition) is 0. The molecule has 0 radical (unpaired) electrons. The molecule has 0 saturated carbocycles. The third-order valence-corrected chi connectivity index (χ3v) is 2.91. The zero-order valence-electron chi connectivity index (χ0n) is 12.2. The summed E-state index contributed by atoms with van der Waals surface area (Å²) >= 11 is 6.10. The first-order valence-electron chi connectivity index (χ1n) is 6.37. The monoisotopic (exact) mass is 320 g/mol. The first-order chi connectivity index (χ1) is 10.4. The maximum atomic E-state index is 11.2. The summed E-state index contributed by atoms with van der Waals surface area (Å²) in [4.78, 5) is 30.5. The summed E-state index contributed by atoms with van der Waals surface area (Å²) < 4.78 is 10.1. The van der Waals surface area contributed by atoms with Crippen LogP contribution in [0.15, 0.2) is 24.4 Å². The number of carbonyl (C=O) groups is 2. The van der Waals surface area contributed by atoms with Crippen molar-refractivity contribution in [2.24, 2.45) is 0 Å². The van der Waals surface area contributed by atoms with Gasteiger partial charge in [-0.3, -0.25) is 9.59 Å². The first kappa shape index (κ1) is 15.9. The SMILES string of the molecule is CC(=O)Oc1ccc(-c2cnc(C)nc2Cl)cc1OC(C)=O. The molecule has 0 N–H and O–H groups in total. The maximum absolute atomic E-state index is 11.2. The zero-order chi connectivity index (χ0) is 16.3. The highest BCUT2D eigenvalue weighted by molar-refractivity contribution is 6.32. The molecule has 22 heavy (non-hydrogen) atoms. The predicted octanol–water partition coefficient (Wildman–Crippen LogP) is 2.96. The van der Waals surface area contributed by atoms with Crippen molar-refractivity contribution in [3.8, 4) is 22.6 Å². The molecule has 0 unspecified atom stereocenters. The van der Waals surface area contributed by atoms with Gasteiger partial charge in [0.1, 0.15) is 11.0 Å². The number of nitrogens with zero attached hydrogens (tertiary/aromatic N) is 2. The van der Waals surface area contributed by atoms with Gasteiger partial charge in [-0.25, -0.2) is 9.97 Å². The van der Waals surface area contributed by atoms with Crippen molar-refractivity contribution in [3.63, 3.8) is 0 Å². The number of hydrogen-bond acceptors (Lipinski definition) is 6. The summed E-state index contributed by atoms with van der Waals surface area (Å²) in [5.74, 6) is -0.229. The second-order valence-corrected chi connectivity index (χ2v) is 4.83. The molecule has 1 heterocycles. The molecule has 7 heteroatoms. The molecule has 0 amide bonds. The normalized spacial score (nSPS) is 10.2. The summed E-state index contributed by atoms with van der Waals surface area (Å²) in [5, 5.41) is 0.279. The Labute approximate surface area is 132 Å². The van der Waals surface area contributed by atoms with Crippen LogP contribution in [0.25, 0.3) is 11.1 Å². The lowest BCUT2D eigenvalue weighted by molar-refractivity contribution is -0.134. The molecule has 0 bridgehead atoms. The van der Waals surface area contributed by atoms with E-state index in [2.05, 4.69) is 9.97 Å². The highest BCUT2D eigenvalue weighted by Gasteiger charge is 2.14. The van der Waals surface area contributed by atoms with E-state index < -0.39 is 11.9 Å². The molecule has 1 aromatic carbocycles. The minimum absolute atomic E-state index is 0.122. The first-order valence-corrected chi connectivity index (χ1v) is 6.75. The molecule has 0 fully saturated rings. The van der Waals surface area contributed by atoms with Crippen molar-refractivity contribution in [2.75, 3.05) is 0 Å². The number of aryl methyl sites for hydroxylation is 1. The van der Waals surface area contributed by atoms with Gasteiger partial charge in [-0.15, -0.1) is 0 Å². The summed E-state index contributed by atoms with van der Waals surface area (Å²) in [7, 11) is 0. The number of aromatic nitrogens is 2. The molecule has 0 saturated heterocycles. The van der Waals surface area contributed by atoms with Crippen LogP contribution in [0.5, 0.6) is 11.5 Å². The van der Waals surface area contributed by atoms with Gasteiger partial charge in [-0.1, -0.05) is 17.7 Å². The van der Waals surface area contributed by atoms with E-state index in [4.69, 9.17) is 21.1 Å². The van der Waals surface area contributed by atoms with E-state index in [1.54, 1.807) is 25.3 Å².